The number of hydrogen-bond donors (Lipinski definition) is 0. The zero-order valence-corrected chi connectivity index (χ0v) is 9.13. The molecule has 3 nitrogen and oxygen atoms in total. The van der Waals surface area contributed by atoms with Crippen molar-refractivity contribution in [2.75, 3.05) is 14.2 Å². The van der Waals surface area contributed by atoms with E-state index in [9.17, 15) is 4.79 Å². The number of carbonyl (C=O) groups is 1. The van der Waals surface area contributed by atoms with Gasteiger partial charge in [-0.1, -0.05) is 6.92 Å². The predicted octanol–water partition coefficient (Wildman–Crippen LogP) is 1.71. The first-order chi connectivity index (χ1) is 6.08. The first kappa shape index (κ1) is 12.3. The van der Waals surface area contributed by atoms with Crippen molar-refractivity contribution in [2.45, 2.75) is 33.3 Å². The largest absolute Gasteiger partial charge is 0.376 e. The van der Waals surface area contributed by atoms with Crippen LogP contribution >= 0.6 is 0 Å². The monoisotopic (exact) mass is 185 g/mol. The molecule has 0 rings (SSSR count). The molecule has 0 N–H and O–H groups in total. The molecule has 0 aromatic heterocycles. The lowest BCUT2D eigenvalue weighted by Crippen LogP contribution is -2.31. The smallest absolute Gasteiger partial charge is 0.138 e. The van der Waals surface area contributed by atoms with Gasteiger partial charge >= 0.3 is 0 Å². The minimum absolute atomic E-state index is 0.0705. The zero-order chi connectivity index (χ0) is 10.4. The maximum Gasteiger partial charge on any atom is 0.138 e. The van der Waals surface area contributed by atoms with Crippen LogP contribution in [0.1, 0.15) is 27.2 Å². The summed E-state index contributed by atoms with van der Waals surface area (Å²) in [7, 11) is 3.33. The lowest BCUT2D eigenvalue weighted by atomic mass is 9.93. The Hall–Kier alpha value is -0.700. The average Bonchev–Trinajstić information content (AvgIpc) is 2.12. The van der Waals surface area contributed by atoms with Gasteiger partial charge in [-0.05, 0) is 20.3 Å². The van der Waals surface area contributed by atoms with Gasteiger partial charge in [0.2, 0.25) is 0 Å². The highest BCUT2D eigenvalue weighted by atomic mass is 16.5. The topological polar surface area (TPSA) is 38.7 Å². The summed E-state index contributed by atoms with van der Waals surface area (Å²) in [6.07, 6.45) is 0.717. The van der Waals surface area contributed by atoms with Crippen LogP contribution in [-0.2, 0) is 9.53 Å². The molecule has 0 aromatic carbocycles. The fourth-order valence-electron chi connectivity index (χ4n) is 1.45. The highest BCUT2D eigenvalue weighted by molar-refractivity contribution is 6.06. The van der Waals surface area contributed by atoms with E-state index in [1.165, 1.54) is 0 Å². The van der Waals surface area contributed by atoms with Gasteiger partial charge in [0, 0.05) is 14.2 Å². The van der Waals surface area contributed by atoms with E-state index in [0.717, 1.165) is 12.1 Å². The van der Waals surface area contributed by atoms with Gasteiger partial charge in [0.05, 0.1) is 17.7 Å². The van der Waals surface area contributed by atoms with Gasteiger partial charge in [0.25, 0.3) is 0 Å². The van der Waals surface area contributed by atoms with Gasteiger partial charge < -0.3 is 4.74 Å². The molecule has 2 unspecified atom stereocenters. The summed E-state index contributed by atoms with van der Waals surface area (Å²) >= 11 is 0. The first-order valence-electron chi connectivity index (χ1n) is 4.58. The number of Topliss-reactive ketones (excluding diaryl/α,β-unsaturated/α-hetero) is 1. The van der Waals surface area contributed by atoms with Crippen molar-refractivity contribution in [1.29, 1.82) is 0 Å². The van der Waals surface area contributed by atoms with Crippen LogP contribution in [0.25, 0.3) is 0 Å². The molecule has 0 spiro atoms. The van der Waals surface area contributed by atoms with Crippen LogP contribution in [0.5, 0.6) is 0 Å². The van der Waals surface area contributed by atoms with Crippen molar-refractivity contribution in [3.8, 4) is 0 Å². The van der Waals surface area contributed by atoms with E-state index in [0.29, 0.717) is 0 Å². The fraction of sp³-hybridized carbons (Fsp3) is 0.800. The Morgan fingerprint density at radius 2 is 2.08 bits per heavy atom. The van der Waals surface area contributed by atoms with E-state index in [-0.39, 0.29) is 17.8 Å². The van der Waals surface area contributed by atoms with Crippen molar-refractivity contribution in [2.24, 2.45) is 10.9 Å². The normalized spacial score (nSPS) is 16.8. The Bertz CT molecular complexity index is 199. The summed E-state index contributed by atoms with van der Waals surface area (Å²) in [6, 6.07) is 0. The minimum atomic E-state index is -0.0834. The third kappa shape index (κ3) is 3.27. The van der Waals surface area contributed by atoms with Gasteiger partial charge in [-0.2, -0.15) is 0 Å². The number of rotatable bonds is 5. The highest BCUT2D eigenvalue weighted by Crippen LogP contribution is 2.11. The molecule has 3 heteroatoms. The standard InChI is InChI=1S/C10H19NO2/c1-6-9(7(2)12)10(11-4)8(3)13-5/h8-9H,6H2,1-5H3. The predicted molar refractivity (Wildman–Crippen MR) is 54.3 cm³/mol. The molecule has 0 amide bonds. The highest BCUT2D eigenvalue weighted by Gasteiger charge is 2.22. The molecule has 0 aliphatic heterocycles. The molecule has 0 aliphatic rings. The summed E-state index contributed by atoms with van der Waals surface area (Å²) in [6.45, 7) is 5.50. The summed E-state index contributed by atoms with van der Waals surface area (Å²) < 4.78 is 5.15. The van der Waals surface area contributed by atoms with Crippen molar-refractivity contribution < 1.29 is 9.53 Å². The second kappa shape index (κ2) is 5.86. The van der Waals surface area contributed by atoms with Gasteiger partial charge in [0.1, 0.15) is 5.78 Å². The van der Waals surface area contributed by atoms with Crippen LogP contribution in [-0.4, -0.2) is 31.8 Å². The third-order valence-corrected chi connectivity index (χ3v) is 2.28. The second-order valence-electron chi connectivity index (χ2n) is 3.10. The maximum absolute atomic E-state index is 11.3. The van der Waals surface area contributed by atoms with Gasteiger partial charge in [-0.3, -0.25) is 9.79 Å². The number of nitrogens with zero attached hydrogens (tertiary/aromatic N) is 1. The van der Waals surface area contributed by atoms with E-state index < -0.39 is 0 Å². The van der Waals surface area contributed by atoms with Crippen LogP contribution in [0.2, 0.25) is 0 Å². The molecule has 0 fully saturated rings. The molecule has 76 valence electrons. The molecule has 2 atom stereocenters. The van der Waals surface area contributed by atoms with Crippen molar-refractivity contribution >= 4 is 11.5 Å². The number of ketones is 1. The molecule has 0 bridgehead atoms. The molecule has 0 aromatic rings. The minimum Gasteiger partial charge on any atom is -0.376 e. The SMILES string of the molecule is CCC(C(C)=O)C(=NC)C(C)OC. The Kier molecular flexibility index (Phi) is 5.55. The van der Waals surface area contributed by atoms with E-state index >= 15 is 0 Å². The summed E-state index contributed by atoms with van der Waals surface area (Å²) in [5.74, 6) is 0.0759. The fourth-order valence-corrected chi connectivity index (χ4v) is 1.45. The van der Waals surface area contributed by atoms with E-state index in [2.05, 4.69) is 4.99 Å². The molecule has 0 saturated carbocycles. The number of hydrogen-bond acceptors (Lipinski definition) is 3. The lowest BCUT2D eigenvalue weighted by molar-refractivity contribution is -0.119. The summed E-state index contributed by atoms with van der Waals surface area (Å²) in [4.78, 5) is 15.4. The molecule has 0 heterocycles. The van der Waals surface area contributed by atoms with Crippen LogP contribution in [0.15, 0.2) is 4.99 Å². The maximum atomic E-state index is 11.3. The average molecular weight is 185 g/mol. The Labute approximate surface area is 80.2 Å². The summed E-state index contributed by atoms with van der Waals surface area (Å²) in [5, 5.41) is 0. The summed E-state index contributed by atoms with van der Waals surface area (Å²) in [5.41, 5.74) is 0.845. The number of ether oxygens (including phenoxy) is 1. The van der Waals surface area contributed by atoms with E-state index in [4.69, 9.17) is 4.74 Å². The Morgan fingerprint density at radius 3 is 2.31 bits per heavy atom. The molecule has 0 radical (unpaired) electrons. The Morgan fingerprint density at radius 1 is 1.54 bits per heavy atom. The molecular formula is C10H19NO2. The third-order valence-electron chi connectivity index (χ3n) is 2.28. The molecule has 0 saturated heterocycles. The number of methoxy groups -OCH3 is 1. The van der Waals surface area contributed by atoms with Gasteiger partial charge in [-0.15, -0.1) is 0 Å². The van der Waals surface area contributed by atoms with Crippen LogP contribution < -0.4 is 0 Å². The zero-order valence-electron chi connectivity index (χ0n) is 9.13. The van der Waals surface area contributed by atoms with Crippen molar-refractivity contribution in [1.82, 2.24) is 0 Å². The van der Waals surface area contributed by atoms with Crippen LogP contribution in [0.4, 0.5) is 0 Å². The van der Waals surface area contributed by atoms with Crippen molar-refractivity contribution in [3.63, 3.8) is 0 Å². The van der Waals surface area contributed by atoms with Crippen molar-refractivity contribution in [3.05, 3.63) is 0 Å². The number of aliphatic imine (C=N–C) groups is 1. The molecule has 13 heavy (non-hydrogen) atoms. The number of carbonyl (C=O) groups excluding carboxylic acids is 1. The second-order valence-corrected chi connectivity index (χ2v) is 3.10. The first-order valence-corrected chi connectivity index (χ1v) is 4.58. The van der Waals surface area contributed by atoms with Gasteiger partial charge in [0.15, 0.2) is 0 Å². The van der Waals surface area contributed by atoms with Crippen LogP contribution in [0.3, 0.4) is 0 Å². The van der Waals surface area contributed by atoms with E-state index in [1.54, 1.807) is 21.1 Å². The van der Waals surface area contributed by atoms with Gasteiger partial charge in [-0.25, -0.2) is 0 Å². The lowest BCUT2D eigenvalue weighted by Gasteiger charge is -2.19. The van der Waals surface area contributed by atoms with Crippen LogP contribution in [0, 0.1) is 5.92 Å². The Balaban J connectivity index is 4.64. The molecule has 0 aliphatic carbocycles. The molecular weight excluding hydrogens is 166 g/mol. The quantitative estimate of drug-likeness (QED) is 0.611. The van der Waals surface area contributed by atoms with E-state index in [1.807, 2.05) is 13.8 Å².